The fraction of sp³-hybridized carbons (Fsp3) is 0.176. The molecule has 0 atom stereocenters. The molecule has 0 spiro atoms. The highest BCUT2D eigenvalue weighted by molar-refractivity contribution is 5.91. The van der Waals surface area contributed by atoms with Crippen molar-refractivity contribution in [1.29, 1.82) is 0 Å². The van der Waals surface area contributed by atoms with Crippen molar-refractivity contribution in [3.05, 3.63) is 60.3 Å². The number of carbonyl (C=O) groups excluding carboxylic acids is 1. The molecular formula is C17H17N3O2. The average Bonchev–Trinajstić information content (AvgIpc) is 2.93. The number of hydrogen-bond donors (Lipinski definition) is 2. The van der Waals surface area contributed by atoms with E-state index in [4.69, 9.17) is 5.11 Å². The van der Waals surface area contributed by atoms with Crippen molar-refractivity contribution in [2.45, 2.75) is 13.0 Å². The van der Waals surface area contributed by atoms with Crippen molar-refractivity contribution in [2.75, 3.05) is 11.9 Å². The minimum atomic E-state index is -0.122. The van der Waals surface area contributed by atoms with Crippen molar-refractivity contribution in [2.24, 2.45) is 0 Å². The third-order valence-electron chi connectivity index (χ3n) is 3.48. The van der Waals surface area contributed by atoms with Crippen molar-refractivity contribution in [3.8, 4) is 0 Å². The summed E-state index contributed by atoms with van der Waals surface area (Å²) in [4.78, 5) is 12.1. The van der Waals surface area contributed by atoms with Gasteiger partial charge >= 0.3 is 0 Å². The summed E-state index contributed by atoms with van der Waals surface area (Å²) in [5.74, 6) is -0.122. The van der Waals surface area contributed by atoms with E-state index in [0.29, 0.717) is 6.42 Å². The van der Waals surface area contributed by atoms with Gasteiger partial charge in [-0.15, -0.1) is 0 Å². The lowest BCUT2D eigenvalue weighted by Crippen LogP contribution is -2.19. The lowest BCUT2D eigenvalue weighted by atomic mass is 10.1. The Morgan fingerprint density at radius 3 is 2.68 bits per heavy atom. The first-order valence-electron chi connectivity index (χ1n) is 7.16. The third kappa shape index (κ3) is 3.15. The Labute approximate surface area is 128 Å². The van der Waals surface area contributed by atoms with Crippen LogP contribution >= 0.6 is 0 Å². The predicted octanol–water partition coefficient (Wildman–Crippen LogP) is 2.21. The molecule has 0 aliphatic carbocycles. The van der Waals surface area contributed by atoms with Gasteiger partial charge in [-0.3, -0.25) is 9.48 Å². The molecule has 112 valence electrons. The van der Waals surface area contributed by atoms with Gasteiger partial charge in [0.2, 0.25) is 5.91 Å². The monoisotopic (exact) mass is 295 g/mol. The van der Waals surface area contributed by atoms with Crippen molar-refractivity contribution in [1.82, 2.24) is 9.78 Å². The molecule has 1 amide bonds. The van der Waals surface area contributed by atoms with Crippen LogP contribution < -0.4 is 5.32 Å². The zero-order valence-electron chi connectivity index (χ0n) is 12.1. The number of para-hydroxylation sites is 1. The maximum absolute atomic E-state index is 12.1. The molecule has 0 aliphatic heterocycles. The highest BCUT2D eigenvalue weighted by Crippen LogP contribution is 2.13. The van der Waals surface area contributed by atoms with E-state index >= 15 is 0 Å². The van der Waals surface area contributed by atoms with Crippen LogP contribution in [0.2, 0.25) is 0 Å². The van der Waals surface area contributed by atoms with Crippen LogP contribution in [0.3, 0.4) is 0 Å². The van der Waals surface area contributed by atoms with Crippen LogP contribution in [0, 0.1) is 0 Å². The number of amides is 1. The molecule has 5 heteroatoms. The van der Waals surface area contributed by atoms with E-state index < -0.39 is 0 Å². The molecule has 0 saturated carbocycles. The zero-order valence-corrected chi connectivity index (χ0v) is 12.1. The summed E-state index contributed by atoms with van der Waals surface area (Å²) < 4.78 is 1.69. The topological polar surface area (TPSA) is 67.2 Å². The number of anilines is 1. The zero-order chi connectivity index (χ0) is 15.4. The number of nitrogens with zero attached hydrogens (tertiary/aromatic N) is 2. The van der Waals surface area contributed by atoms with Crippen LogP contribution in [0.5, 0.6) is 0 Å². The summed E-state index contributed by atoms with van der Waals surface area (Å²) in [7, 11) is 0. The van der Waals surface area contributed by atoms with Crippen LogP contribution in [0.15, 0.2) is 54.7 Å². The second-order valence-corrected chi connectivity index (χ2v) is 5.08. The van der Waals surface area contributed by atoms with E-state index in [1.807, 2.05) is 48.5 Å². The largest absolute Gasteiger partial charge is 0.396 e. The quantitative estimate of drug-likeness (QED) is 0.758. The number of aromatic nitrogens is 2. The van der Waals surface area contributed by atoms with E-state index in [1.165, 1.54) is 0 Å². The normalized spacial score (nSPS) is 10.8. The number of nitrogens with one attached hydrogen (secondary N) is 1. The van der Waals surface area contributed by atoms with Gasteiger partial charge in [0.05, 0.1) is 11.7 Å². The fourth-order valence-corrected chi connectivity index (χ4v) is 2.37. The molecular weight excluding hydrogens is 278 g/mol. The van der Waals surface area contributed by atoms with Crippen molar-refractivity contribution >= 4 is 22.5 Å². The molecule has 1 heterocycles. The minimum Gasteiger partial charge on any atom is -0.396 e. The predicted molar refractivity (Wildman–Crippen MR) is 85.6 cm³/mol. The Balaban J connectivity index is 1.67. The number of benzene rings is 2. The lowest BCUT2D eigenvalue weighted by Gasteiger charge is -2.07. The smallest absolute Gasteiger partial charge is 0.246 e. The summed E-state index contributed by atoms with van der Waals surface area (Å²) >= 11 is 0. The Hall–Kier alpha value is -2.66. The van der Waals surface area contributed by atoms with Gasteiger partial charge in [-0.25, -0.2) is 0 Å². The van der Waals surface area contributed by atoms with E-state index in [0.717, 1.165) is 22.2 Å². The first-order valence-corrected chi connectivity index (χ1v) is 7.16. The first kappa shape index (κ1) is 14.3. The Morgan fingerprint density at radius 1 is 1.14 bits per heavy atom. The number of fused-ring (bicyclic) bond motifs is 1. The maximum atomic E-state index is 12.1. The fourth-order valence-electron chi connectivity index (χ4n) is 2.37. The molecule has 2 N–H and O–H groups in total. The van der Waals surface area contributed by atoms with Crippen LogP contribution in [0.25, 0.3) is 10.9 Å². The molecule has 0 bridgehead atoms. The maximum Gasteiger partial charge on any atom is 0.246 e. The molecule has 5 nitrogen and oxygen atoms in total. The van der Waals surface area contributed by atoms with E-state index in [1.54, 1.807) is 10.9 Å². The molecule has 3 rings (SSSR count). The van der Waals surface area contributed by atoms with Crippen molar-refractivity contribution < 1.29 is 9.90 Å². The van der Waals surface area contributed by atoms with Crippen LogP contribution in [0.1, 0.15) is 5.56 Å². The van der Waals surface area contributed by atoms with Gasteiger partial charge < -0.3 is 10.4 Å². The molecule has 0 saturated heterocycles. The Bertz CT molecular complexity index is 778. The van der Waals surface area contributed by atoms with E-state index in [2.05, 4.69) is 10.4 Å². The van der Waals surface area contributed by atoms with Gasteiger partial charge in [0.15, 0.2) is 0 Å². The number of hydrogen-bond acceptors (Lipinski definition) is 3. The van der Waals surface area contributed by atoms with Gasteiger partial charge in [0, 0.05) is 17.7 Å². The molecule has 0 radical (unpaired) electrons. The molecule has 22 heavy (non-hydrogen) atoms. The Morgan fingerprint density at radius 2 is 1.91 bits per heavy atom. The minimum absolute atomic E-state index is 0.122. The van der Waals surface area contributed by atoms with Gasteiger partial charge in [0.1, 0.15) is 6.54 Å². The molecule has 0 unspecified atom stereocenters. The summed E-state index contributed by atoms with van der Waals surface area (Å²) in [6.07, 6.45) is 2.37. The molecule has 2 aromatic carbocycles. The average molecular weight is 295 g/mol. The second-order valence-electron chi connectivity index (χ2n) is 5.08. The SMILES string of the molecule is O=C(Cn1ncc2ccccc21)Nc1ccc(CCO)cc1. The standard InChI is InChI=1S/C17H17N3O2/c21-10-9-13-5-7-15(8-6-13)19-17(22)12-20-16-4-2-1-3-14(16)11-18-20/h1-8,11,21H,9-10,12H2,(H,19,22). The second kappa shape index (κ2) is 6.41. The summed E-state index contributed by atoms with van der Waals surface area (Å²) in [5, 5.41) is 17.0. The van der Waals surface area contributed by atoms with Gasteiger partial charge in [-0.05, 0) is 30.2 Å². The third-order valence-corrected chi connectivity index (χ3v) is 3.48. The van der Waals surface area contributed by atoms with E-state index in [9.17, 15) is 4.79 Å². The Kier molecular flexibility index (Phi) is 4.16. The molecule has 0 fully saturated rings. The summed E-state index contributed by atoms with van der Waals surface area (Å²) in [6, 6.07) is 15.3. The number of aliphatic hydroxyl groups is 1. The van der Waals surface area contributed by atoms with E-state index in [-0.39, 0.29) is 19.1 Å². The van der Waals surface area contributed by atoms with Gasteiger partial charge in [-0.2, -0.15) is 5.10 Å². The van der Waals surface area contributed by atoms with Crippen LogP contribution in [0.4, 0.5) is 5.69 Å². The van der Waals surface area contributed by atoms with Gasteiger partial charge in [0.25, 0.3) is 0 Å². The van der Waals surface area contributed by atoms with Crippen LogP contribution in [-0.2, 0) is 17.8 Å². The number of carbonyl (C=O) groups is 1. The summed E-state index contributed by atoms with van der Waals surface area (Å²) in [5.41, 5.74) is 2.72. The molecule has 0 aliphatic rings. The van der Waals surface area contributed by atoms with Crippen LogP contribution in [-0.4, -0.2) is 27.4 Å². The molecule has 3 aromatic rings. The molecule has 1 aromatic heterocycles. The summed E-state index contributed by atoms with van der Waals surface area (Å²) in [6.45, 7) is 0.296. The lowest BCUT2D eigenvalue weighted by molar-refractivity contribution is -0.116. The number of aliphatic hydroxyl groups excluding tert-OH is 1. The van der Waals surface area contributed by atoms with Crippen molar-refractivity contribution in [3.63, 3.8) is 0 Å². The highest BCUT2D eigenvalue weighted by Gasteiger charge is 2.07. The highest BCUT2D eigenvalue weighted by atomic mass is 16.3. The van der Waals surface area contributed by atoms with Gasteiger partial charge in [-0.1, -0.05) is 30.3 Å². The number of rotatable bonds is 5. The first-order chi connectivity index (χ1) is 10.8.